The van der Waals surface area contributed by atoms with Crippen LogP contribution in [0.4, 0.5) is 0 Å². The zero-order valence-electron chi connectivity index (χ0n) is 13.7. The Balaban J connectivity index is 1.68. The van der Waals surface area contributed by atoms with Gasteiger partial charge in [0.05, 0.1) is 12.6 Å². The lowest BCUT2D eigenvalue weighted by molar-refractivity contribution is -0.160. The van der Waals surface area contributed by atoms with Crippen molar-refractivity contribution in [3.63, 3.8) is 0 Å². The Bertz CT molecular complexity index is 809. The summed E-state index contributed by atoms with van der Waals surface area (Å²) >= 11 is 0. The van der Waals surface area contributed by atoms with Crippen LogP contribution in [0.1, 0.15) is 30.1 Å². The maximum atomic E-state index is 11.7. The summed E-state index contributed by atoms with van der Waals surface area (Å²) in [4.78, 5) is 14.3. The number of hydrogen-bond acceptors (Lipinski definition) is 3. The summed E-state index contributed by atoms with van der Waals surface area (Å²) in [6.07, 6.45) is 2.75. The second-order valence-corrected chi connectivity index (χ2v) is 7.44. The van der Waals surface area contributed by atoms with E-state index in [1.54, 1.807) is 0 Å². The van der Waals surface area contributed by atoms with E-state index in [0.29, 0.717) is 36.9 Å². The standard InChI is InChI=1S/C19H22N2O2/c1-20-16-9-13-12-5-3-4-6-15(12)21(2)19(13)17(20)7-11-8-18(22)23-10-14(11)16/h3-6,11,14,16-17H,7-10H2,1-2H3/t11-,14+,16+,17+/m0/s1. The predicted molar refractivity (Wildman–Crippen MR) is 88.1 cm³/mol. The van der Waals surface area contributed by atoms with Gasteiger partial charge < -0.3 is 9.30 Å². The molecule has 4 atom stereocenters. The molecule has 23 heavy (non-hydrogen) atoms. The van der Waals surface area contributed by atoms with E-state index in [9.17, 15) is 4.79 Å². The second-order valence-electron chi connectivity index (χ2n) is 7.44. The van der Waals surface area contributed by atoms with Crippen LogP contribution in [0.15, 0.2) is 24.3 Å². The lowest BCUT2D eigenvalue weighted by atomic mass is 9.69. The molecule has 2 saturated heterocycles. The molecule has 0 aliphatic carbocycles. The third kappa shape index (κ3) is 1.73. The van der Waals surface area contributed by atoms with Crippen LogP contribution in [0.3, 0.4) is 0 Å². The molecule has 0 spiro atoms. The van der Waals surface area contributed by atoms with Gasteiger partial charge >= 0.3 is 5.97 Å². The Morgan fingerprint density at radius 1 is 1.17 bits per heavy atom. The maximum absolute atomic E-state index is 11.7. The lowest BCUT2D eigenvalue weighted by Gasteiger charge is -2.52. The summed E-state index contributed by atoms with van der Waals surface area (Å²) in [6, 6.07) is 9.65. The monoisotopic (exact) mass is 310 g/mol. The number of ether oxygens (including phenoxy) is 1. The van der Waals surface area contributed by atoms with Crippen LogP contribution in [0.2, 0.25) is 0 Å². The summed E-state index contributed by atoms with van der Waals surface area (Å²) in [6.45, 7) is 0.603. The average Bonchev–Trinajstić information content (AvgIpc) is 2.82. The molecule has 5 rings (SSSR count). The van der Waals surface area contributed by atoms with E-state index in [0.717, 1.165) is 12.8 Å². The van der Waals surface area contributed by atoms with Crippen molar-refractivity contribution in [2.24, 2.45) is 18.9 Å². The van der Waals surface area contributed by atoms with Crippen molar-refractivity contribution in [1.82, 2.24) is 9.47 Å². The van der Waals surface area contributed by atoms with Crippen LogP contribution in [0, 0.1) is 11.8 Å². The van der Waals surface area contributed by atoms with Crippen LogP contribution in [-0.4, -0.2) is 35.1 Å². The highest BCUT2D eigenvalue weighted by atomic mass is 16.5. The van der Waals surface area contributed by atoms with Crippen molar-refractivity contribution in [2.75, 3.05) is 13.7 Å². The molecule has 1 aromatic carbocycles. The molecule has 4 nitrogen and oxygen atoms in total. The average molecular weight is 310 g/mol. The molecule has 120 valence electrons. The van der Waals surface area contributed by atoms with E-state index in [1.165, 1.54) is 22.2 Å². The molecule has 3 aliphatic heterocycles. The molecule has 2 fully saturated rings. The third-order valence-electron chi connectivity index (χ3n) is 6.50. The largest absolute Gasteiger partial charge is 0.465 e. The Labute approximate surface area is 136 Å². The molecule has 0 saturated carbocycles. The van der Waals surface area contributed by atoms with Crippen LogP contribution in [0.25, 0.3) is 10.9 Å². The van der Waals surface area contributed by atoms with E-state index in [-0.39, 0.29) is 5.97 Å². The molecule has 2 aromatic rings. The molecule has 4 heterocycles. The number of fused-ring (bicyclic) bond motifs is 8. The molecule has 4 heteroatoms. The fourth-order valence-electron chi connectivity index (χ4n) is 5.36. The topological polar surface area (TPSA) is 34.5 Å². The number of para-hydroxylation sites is 1. The van der Waals surface area contributed by atoms with Gasteiger partial charge in [0.2, 0.25) is 0 Å². The van der Waals surface area contributed by atoms with E-state index < -0.39 is 0 Å². The number of carbonyl (C=O) groups excluding carboxylic acids is 1. The minimum Gasteiger partial charge on any atom is -0.465 e. The summed E-state index contributed by atoms with van der Waals surface area (Å²) in [5.74, 6) is 0.959. The number of hydrogen-bond donors (Lipinski definition) is 0. The molecule has 2 bridgehead atoms. The molecular weight excluding hydrogens is 288 g/mol. The number of nitrogens with zero attached hydrogens (tertiary/aromatic N) is 2. The third-order valence-corrected chi connectivity index (χ3v) is 6.50. The van der Waals surface area contributed by atoms with E-state index in [4.69, 9.17) is 4.74 Å². The Morgan fingerprint density at radius 2 is 2.00 bits per heavy atom. The van der Waals surface area contributed by atoms with Gasteiger partial charge in [-0.3, -0.25) is 9.69 Å². The zero-order valence-corrected chi connectivity index (χ0v) is 13.7. The van der Waals surface area contributed by atoms with Crippen molar-refractivity contribution >= 4 is 16.9 Å². The number of aryl methyl sites for hydroxylation is 1. The number of cyclic esters (lactones) is 1. The normalized spacial score (nSPS) is 33.2. The van der Waals surface area contributed by atoms with E-state index in [1.807, 2.05) is 0 Å². The van der Waals surface area contributed by atoms with Gasteiger partial charge in [-0.2, -0.15) is 0 Å². The van der Waals surface area contributed by atoms with Gasteiger partial charge in [-0.25, -0.2) is 0 Å². The second kappa shape index (κ2) is 4.60. The number of carbonyl (C=O) groups is 1. The summed E-state index contributed by atoms with van der Waals surface area (Å²) in [7, 11) is 4.44. The van der Waals surface area contributed by atoms with Crippen LogP contribution in [-0.2, 0) is 23.0 Å². The minimum absolute atomic E-state index is 0.00820. The molecule has 0 N–H and O–H groups in total. The number of rotatable bonds is 0. The van der Waals surface area contributed by atoms with Gasteiger partial charge in [0.25, 0.3) is 0 Å². The molecule has 0 radical (unpaired) electrons. The fraction of sp³-hybridized carbons (Fsp3) is 0.526. The van der Waals surface area contributed by atoms with Crippen molar-refractivity contribution in [1.29, 1.82) is 0 Å². The zero-order chi connectivity index (χ0) is 15.7. The summed E-state index contributed by atoms with van der Waals surface area (Å²) in [5.41, 5.74) is 4.31. The lowest BCUT2D eigenvalue weighted by Crippen LogP contribution is -2.56. The highest BCUT2D eigenvalue weighted by Gasteiger charge is 2.49. The van der Waals surface area contributed by atoms with E-state index in [2.05, 4.69) is 47.8 Å². The van der Waals surface area contributed by atoms with Crippen molar-refractivity contribution < 1.29 is 9.53 Å². The van der Waals surface area contributed by atoms with Crippen molar-refractivity contribution in [3.05, 3.63) is 35.5 Å². The predicted octanol–water partition coefficient (Wildman–Crippen LogP) is 2.66. The Hall–Kier alpha value is -1.81. The molecule has 0 amide bonds. The van der Waals surface area contributed by atoms with Crippen LogP contribution >= 0.6 is 0 Å². The number of aromatic nitrogens is 1. The molecular formula is C19H22N2O2. The summed E-state index contributed by atoms with van der Waals surface area (Å²) in [5, 5.41) is 1.40. The van der Waals surface area contributed by atoms with Crippen molar-refractivity contribution in [3.8, 4) is 0 Å². The number of piperidine rings is 1. The van der Waals surface area contributed by atoms with E-state index >= 15 is 0 Å². The van der Waals surface area contributed by atoms with Gasteiger partial charge in [0.1, 0.15) is 0 Å². The fourth-order valence-corrected chi connectivity index (χ4v) is 5.36. The quantitative estimate of drug-likeness (QED) is 0.702. The highest BCUT2D eigenvalue weighted by molar-refractivity contribution is 5.86. The molecule has 1 aromatic heterocycles. The Kier molecular flexibility index (Phi) is 2.72. The van der Waals surface area contributed by atoms with Gasteiger partial charge in [0, 0.05) is 42.0 Å². The first-order valence-electron chi connectivity index (χ1n) is 8.59. The number of likely N-dealkylation sites (N-methyl/N-ethyl adjacent to an activating group) is 1. The molecule has 3 aliphatic rings. The number of benzene rings is 1. The van der Waals surface area contributed by atoms with Gasteiger partial charge in [0.15, 0.2) is 0 Å². The maximum Gasteiger partial charge on any atom is 0.306 e. The van der Waals surface area contributed by atoms with Crippen LogP contribution < -0.4 is 0 Å². The van der Waals surface area contributed by atoms with Gasteiger partial charge in [-0.15, -0.1) is 0 Å². The first-order valence-corrected chi connectivity index (χ1v) is 8.59. The first-order chi connectivity index (χ1) is 11.1. The van der Waals surface area contributed by atoms with Gasteiger partial charge in [-0.05, 0) is 37.4 Å². The van der Waals surface area contributed by atoms with Gasteiger partial charge in [-0.1, -0.05) is 18.2 Å². The highest BCUT2D eigenvalue weighted by Crippen LogP contribution is 2.50. The first kappa shape index (κ1) is 13.6. The minimum atomic E-state index is -0.00820. The van der Waals surface area contributed by atoms with Crippen molar-refractivity contribution in [2.45, 2.75) is 31.3 Å². The molecule has 0 unspecified atom stereocenters. The Morgan fingerprint density at radius 3 is 2.87 bits per heavy atom. The number of esters is 1. The van der Waals surface area contributed by atoms with Crippen LogP contribution in [0.5, 0.6) is 0 Å². The SMILES string of the molecule is CN1[C@@H]2C[C@H]3CC(=O)OC[C@H]3[C@H]1Cc1c2n(C)c2ccccc12. The summed E-state index contributed by atoms with van der Waals surface area (Å²) < 4.78 is 7.78. The smallest absolute Gasteiger partial charge is 0.306 e.